The first-order valence-corrected chi connectivity index (χ1v) is 10.6. The first-order chi connectivity index (χ1) is 13.1. The molecule has 0 heterocycles. The topological polar surface area (TPSA) is 40.5 Å². The van der Waals surface area contributed by atoms with Crippen molar-refractivity contribution in [3.05, 3.63) is 59.7 Å². The zero-order chi connectivity index (χ0) is 19.2. The highest BCUT2D eigenvalue weighted by Gasteiger charge is 2.30. The minimum atomic E-state index is 0.352. The molecule has 1 aliphatic carbocycles. The molecule has 146 valence electrons. The van der Waals surface area contributed by atoms with E-state index in [9.17, 15) is 10.2 Å². The monoisotopic (exact) mass is 366 g/mol. The van der Waals surface area contributed by atoms with E-state index >= 15 is 0 Å². The number of benzene rings is 2. The molecule has 1 fully saturated rings. The maximum Gasteiger partial charge on any atom is 0.115 e. The lowest BCUT2D eigenvalue weighted by Gasteiger charge is -2.36. The van der Waals surface area contributed by atoms with Crippen molar-refractivity contribution in [3.63, 3.8) is 0 Å². The van der Waals surface area contributed by atoms with Gasteiger partial charge in [-0.3, -0.25) is 0 Å². The highest BCUT2D eigenvalue weighted by molar-refractivity contribution is 5.30. The molecule has 1 saturated carbocycles. The maximum absolute atomic E-state index is 9.68. The summed E-state index contributed by atoms with van der Waals surface area (Å²) in [4.78, 5) is 0. The third kappa shape index (κ3) is 5.28. The molecule has 2 N–H and O–H groups in total. The molecule has 2 aromatic carbocycles. The Balaban J connectivity index is 1.69. The first kappa shape index (κ1) is 19.8. The van der Waals surface area contributed by atoms with Crippen LogP contribution in [0, 0.1) is 11.8 Å². The van der Waals surface area contributed by atoms with Crippen LogP contribution in [0.1, 0.15) is 81.8 Å². The van der Waals surface area contributed by atoms with Gasteiger partial charge in [0.05, 0.1) is 0 Å². The Morgan fingerprint density at radius 1 is 0.852 bits per heavy atom. The number of hydrogen-bond donors (Lipinski definition) is 2. The van der Waals surface area contributed by atoms with Gasteiger partial charge in [-0.05, 0) is 91.2 Å². The van der Waals surface area contributed by atoms with Gasteiger partial charge in [-0.25, -0.2) is 0 Å². The van der Waals surface area contributed by atoms with Gasteiger partial charge in [-0.15, -0.1) is 0 Å². The standard InChI is InChI=1S/C25H34O2/c1-3-4-18(2)17-25(22-11-15-24(27)16-12-22)21-7-5-19(6-8-21)20-9-13-23(26)14-10-20/h9-16,18-19,21,25-27H,3-8,17H2,1-2H3. The van der Waals surface area contributed by atoms with Crippen LogP contribution in [0.4, 0.5) is 0 Å². The summed E-state index contributed by atoms with van der Waals surface area (Å²) in [5.74, 6) is 3.38. The van der Waals surface area contributed by atoms with Gasteiger partial charge in [0.15, 0.2) is 0 Å². The van der Waals surface area contributed by atoms with Crippen molar-refractivity contribution in [2.45, 2.75) is 70.6 Å². The molecule has 2 nitrogen and oxygen atoms in total. The summed E-state index contributed by atoms with van der Waals surface area (Å²) in [6, 6.07) is 15.7. The Morgan fingerprint density at radius 3 is 1.96 bits per heavy atom. The number of phenols is 2. The molecule has 1 aliphatic rings. The third-order valence-corrected chi connectivity index (χ3v) is 6.46. The highest BCUT2D eigenvalue weighted by atomic mass is 16.3. The largest absolute Gasteiger partial charge is 0.508 e. The van der Waals surface area contributed by atoms with Crippen molar-refractivity contribution in [1.82, 2.24) is 0 Å². The average molecular weight is 367 g/mol. The lowest BCUT2D eigenvalue weighted by Crippen LogP contribution is -2.21. The van der Waals surface area contributed by atoms with Gasteiger partial charge in [0.25, 0.3) is 0 Å². The summed E-state index contributed by atoms with van der Waals surface area (Å²) in [6.45, 7) is 4.66. The predicted molar refractivity (Wildman–Crippen MR) is 112 cm³/mol. The fraction of sp³-hybridized carbons (Fsp3) is 0.520. The Morgan fingerprint density at radius 2 is 1.41 bits per heavy atom. The van der Waals surface area contributed by atoms with E-state index in [0.29, 0.717) is 23.3 Å². The maximum atomic E-state index is 9.68. The van der Waals surface area contributed by atoms with Crippen molar-refractivity contribution < 1.29 is 10.2 Å². The second-order valence-electron chi connectivity index (χ2n) is 8.53. The summed E-state index contributed by atoms with van der Waals surface area (Å²) >= 11 is 0. The van der Waals surface area contributed by atoms with Gasteiger partial charge in [0.1, 0.15) is 11.5 Å². The molecule has 0 aliphatic heterocycles. The van der Waals surface area contributed by atoms with E-state index in [0.717, 1.165) is 11.8 Å². The average Bonchev–Trinajstić information content (AvgIpc) is 2.68. The van der Waals surface area contributed by atoms with Gasteiger partial charge < -0.3 is 10.2 Å². The van der Waals surface area contributed by atoms with Gasteiger partial charge in [0, 0.05) is 0 Å². The number of rotatable bonds is 7. The van der Waals surface area contributed by atoms with Crippen molar-refractivity contribution in [1.29, 1.82) is 0 Å². The minimum Gasteiger partial charge on any atom is -0.508 e. The summed E-state index contributed by atoms with van der Waals surface area (Å²) in [5, 5.41) is 19.2. The van der Waals surface area contributed by atoms with Crippen LogP contribution >= 0.6 is 0 Å². The Kier molecular flexibility index (Phi) is 6.82. The molecule has 2 aromatic rings. The second kappa shape index (κ2) is 9.30. The van der Waals surface area contributed by atoms with E-state index in [1.54, 1.807) is 0 Å². The SMILES string of the molecule is CCCC(C)CC(c1ccc(O)cc1)C1CCC(c2ccc(O)cc2)CC1. The molecule has 2 atom stereocenters. The van der Waals surface area contributed by atoms with E-state index in [4.69, 9.17) is 0 Å². The normalized spacial score (nSPS) is 22.3. The number of hydrogen-bond acceptors (Lipinski definition) is 2. The van der Waals surface area contributed by atoms with Gasteiger partial charge in [0.2, 0.25) is 0 Å². The van der Waals surface area contributed by atoms with Crippen LogP contribution in [-0.2, 0) is 0 Å². The first-order valence-electron chi connectivity index (χ1n) is 10.6. The van der Waals surface area contributed by atoms with E-state index < -0.39 is 0 Å². The number of aromatic hydroxyl groups is 2. The van der Waals surface area contributed by atoms with Crippen LogP contribution in [0.3, 0.4) is 0 Å². The Hall–Kier alpha value is -1.96. The zero-order valence-electron chi connectivity index (χ0n) is 16.8. The zero-order valence-corrected chi connectivity index (χ0v) is 16.8. The molecule has 0 saturated heterocycles. The molecule has 2 unspecified atom stereocenters. The van der Waals surface area contributed by atoms with Crippen molar-refractivity contribution in [2.24, 2.45) is 11.8 Å². The summed E-state index contributed by atoms with van der Waals surface area (Å²) in [7, 11) is 0. The summed E-state index contributed by atoms with van der Waals surface area (Å²) < 4.78 is 0. The van der Waals surface area contributed by atoms with Crippen LogP contribution in [-0.4, -0.2) is 10.2 Å². The van der Waals surface area contributed by atoms with E-state index in [1.807, 2.05) is 24.3 Å². The minimum absolute atomic E-state index is 0.352. The summed E-state index contributed by atoms with van der Waals surface area (Å²) in [6.07, 6.45) is 8.76. The smallest absolute Gasteiger partial charge is 0.115 e. The fourth-order valence-corrected chi connectivity index (χ4v) is 4.97. The lowest BCUT2D eigenvalue weighted by atomic mass is 9.69. The third-order valence-electron chi connectivity index (χ3n) is 6.46. The molecule has 2 heteroatoms. The molecular weight excluding hydrogens is 332 g/mol. The molecule has 27 heavy (non-hydrogen) atoms. The van der Waals surface area contributed by atoms with Gasteiger partial charge in [-0.2, -0.15) is 0 Å². The fourth-order valence-electron chi connectivity index (χ4n) is 4.97. The molecule has 0 spiro atoms. The molecular formula is C25H34O2. The highest BCUT2D eigenvalue weighted by Crippen LogP contribution is 2.44. The van der Waals surface area contributed by atoms with Gasteiger partial charge in [-0.1, -0.05) is 51.0 Å². The molecule has 3 rings (SSSR count). The van der Waals surface area contributed by atoms with Crippen LogP contribution in [0.25, 0.3) is 0 Å². The Bertz CT molecular complexity index is 681. The van der Waals surface area contributed by atoms with Crippen molar-refractivity contribution >= 4 is 0 Å². The van der Waals surface area contributed by atoms with Crippen LogP contribution < -0.4 is 0 Å². The van der Waals surface area contributed by atoms with Crippen LogP contribution in [0.5, 0.6) is 11.5 Å². The van der Waals surface area contributed by atoms with E-state index in [2.05, 4.69) is 38.1 Å². The van der Waals surface area contributed by atoms with E-state index in [1.165, 1.54) is 56.1 Å². The number of phenolic OH excluding ortho intramolecular Hbond substituents is 2. The Labute approximate surface area is 164 Å². The van der Waals surface area contributed by atoms with Crippen molar-refractivity contribution in [2.75, 3.05) is 0 Å². The second-order valence-corrected chi connectivity index (χ2v) is 8.53. The predicted octanol–water partition coefficient (Wildman–Crippen LogP) is 6.98. The molecule has 0 aromatic heterocycles. The quantitative estimate of drug-likeness (QED) is 0.555. The van der Waals surface area contributed by atoms with Crippen LogP contribution in [0.2, 0.25) is 0 Å². The molecule has 0 amide bonds. The van der Waals surface area contributed by atoms with E-state index in [-0.39, 0.29) is 0 Å². The lowest BCUT2D eigenvalue weighted by molar-refractivity contribution is 0.251. The molecule has 0 bridgehead atoms. The molecule has 0 radical (unpaired) electrons. The van der Waals surface area contributed by atoms with Gasteiger partial charge >= 0.3 is 0 Å². The summed E-state index contributed by atoms with van der Waals surface area (Å²) in [5.41, 5.74) is 2.76. The van der Waals surface area contributed by atoms with Crippen LogP contribution in [0.15, 0.2) is 48.5 Å². The van der Waals surface area contributed by atoms with Crippen molar-refractivity contribution in [3.8, 4) is 11.5 Å².